The van der Waals surface area contributed by atoms with E-state index in [2.05, 4.69) is 10.6 Å². The third-order valence-corrected chi connectivity index (χ3v) is 5.56. The minimum absolute atomic E-state index is 0.0930. The van der Waals surface area contributed by atoms with Gasteiger partial charge in [-0.2, -0.15) is 0 Å². The molecule has 0 bridgehead atoms. The molecule has 0 saturated carbocycles. The summed E-state index contributed by atoms with van der Waals surface area (Å²) in [6.45, 7) is 0.880. The fourth-order valence-electron chi connectivity index (χ4n) is 2.92. The lowest BCUT2D eigenvalue weighted by molar-refractivity contribution is -0.384. The lowest BCUT2D eigenvalue weighted by Gasteiger charge is -2.22. The van der Waals surface area contributed by atoms with Crippen LogP contribution in [-0.2, 0) is 15.1 Å². The SMILES string of the molecule is CC1(c2ccc(Cl)c(Cl)c2)NC(=O)N(CC(=O)Nc2ccc(Cl)c([N+](=O)[O-])c2)C1=O. The van der Waals surface area contributed by atoms with Gasteiger partial charge in [-0.15, -0.1) is 0 Å². The first-order valence-electron chi connectivity index (χ1n) is 8.36. The first kappa shape index (κ1) is 21.8. The molecule has 1 unspecified atom stereocenters. The van der Waals surface area contributed by atoms with Gasteiger partial charge in [0.2, 0.25) is 5.91 Å². The van der Waals surface area contributed by atoms with Gasteiger partial charge in [-0.3, -0.25) is 24.6 Å². The van der Waals surface area contributed by atoms with Crippen LogP contribution in [0.25, 0.3) is 0 Å². The van der Waals surface area contributed by atoms with Gasteiger partial charge in [-0.05, 0) is 36.8 Å². The number of rotatable bonds is 5. The number of hydrogen-bond acceptors (Lipinski definition) is 5. The monoisotopic (exact) mass is 470 g/mol. The third kappa shape index (κ3) is 4.04. The van der Waals surface area contributed by atoms with Crippen LogP contribution in [0.3, 0.4) is 0 Å². The lowest BCUT2D eigenvalue weighted by atomic mass is 9.92. The van der Waals surface area contributed by atoms with Gasteiger partial charge < -0.3 is 10.6 Å². The molecule has 3 rings (SSSR count). The van der Waals surface area contributed by atoms with E-state index in [1.165, 1.54) is 31.2 Å². The summed E-state index contributed by atoms with van der Waals surface area (Å²) in [4.78, 5) is 48.6. The van der Waals surface area contributed by atoms with Crippen molar-refractivity contribution in [3.63, 3.8) is 0 Å². The summed E-state index contributed by atoms with van der Waals surface area (Å²) in [5, 5.41) is 16.3. The number of nitro groups is 1. The molecule has 0 spiro atoms. The molecule has 1 heterocycles. The predicted molar refractivity (Wildman–Crippen MR) is 111 cm³/mol. The Morgan fingerprint density at radius 3 is 2.43 bits per heavy atom. The fraction of sp³-hybridized carbons (Fsp3) is 0.167. The Morgan fingerprint density at radius 1 is 1.13 bits per heavy atom. The molecule has 2 aromatic rings. The van der Waals surface area contributed by atoms with Gasteiger partial charge in [0, 0.05) is 11.8 Å². The van der Waals surface area contributed by atoms with Crippen molar-refractivity contribution in [3.05, 3.63) is 67.1 Å². The minimum atomic E-state index is -1.44. The van der Waals surface area contributed by atoms with Crippen LogP contribution in [0.15, 0.2) is 36.4 Å². The molecule has 0 radical (unpaired) electrons. The topological polar surface area (TPSA) is 122 Å². The second kappa shape index (κ2) is 8.10. The smallest absolute Gasteiger partial charge is 0.324 e. The van der Waals surface area contributed by atoms with Crippen LogP contribution in [-0.4, -0.2) is 34.2 Å². The maximum atomic E-state index is 12.9. The summed E-state index contributed by atoms with van der Waals surface area (Å²) in [5.74, 6) is -1.39. The largest absolute Gasteiger partial charge is 0.325 e. The number of urea groups is 1. The van der Waals surface area contributed by atoms with E-state index in [0.717, 1.165) is 11.0 Å². The van der Waals surface area contributed by atoms with Crippen LogP contribution >= 0.6 is 34.8 Å². The molecule has 1 saturated heterocycles. The fourth-order valence-corrected chi connectivity index (χ4v) is 3.40. The van der Waals surface area contributed by atoms with E-state index in [4.69, 9.17) is 34.8 Å². The van der Waals surface area contributed by atoms with Gasteiger partial charge in [0.25, 0.3) is 11.6 Å². The van der Waals surface area contributed by atoms with Gasteiger partial charge in [-0.25, -0.2) is 4.79 Å². The Morgan fingerprint density at radius 2 is 1.80 bits per heavy atom. The van der Waals surface area contributed by atoms with Crippen LogP contribution in [0.4, 0.5) is 16.2 Å². The quantitative estimate of drug-likeness (QED) is 0.388. The van der Waals surface area contributed by atoms with Crippen molar-refractivity contribution < 1.29 is 19.3 Å². The number of nitrogens with one attached hydrogen (secondary N) is 2. The summed E-state index contributed by atoms with van der Waals surface area (Å²) >= 11 is 17.6. The molecule has 1 fully saturated rings. The highest BCUT2D eigenvalue weighted by Crippen LogP contribution is 2.33. The van der Waals surface area contributed by atoms with Gasteiger partial charge in [0.05, 0.1) is 15.0 Å². The molecule has 30 heavy (non-hydrogen) atoms. The van der Waals surface area contributed by atoms with E-state index < -0.39 is 40.5 Å². The van der Waals surface area contributed by atoms with E-state index in [1.807, 2.05) is 0 Å². The van der Waals surface area contributed by atoms with Crippen LogP contribution < -0.4 is 10.6 Å². The second-order valence-corrected chi connectivity index (χ2v) is 7.77. The van der Waals surface area contributed by atoms with Gasteiger partial charge >= 0.3 is 6.03 Å². The van der Waals surface area contributed by atoms with Crippen LogP contribution in [0.2, 0.25) is 15.1 Å². The van der Waals surface area contributed by atoms with E-state index in [9.17, 15) is 24.5 Å². The molecule has 4 amide bonds. The zero-order valence-electron chi connectivity index (χ0n) is 15.2. The molecule has 1 aliphatic heterocycles. The maximum Gasteiger partial charge on any atom is 0.325 e. The molecule has 2 aromatic carbocycles. The molecule has 0 aromatic heterocycles. The standard InChI is InChI=1S/C18H13Cl3N4O5/c1-18(9-2-4-11(19)13(21)6-9)16(27)24(17(28)23-18)8-15(26)22-10-3-5-12(20)14(7-10)25(29)30/h2-7H,8H2,1H3,(H,22,26)(H,23,28). The number of nitro benzene ring substituents is 1. The van der Waals surface area contributed by atoms with E-state index in [1.54, 1.807) is 6.07 Å². The van der Waals surface area contributed by atoms with Crippen LogP contribution in [0.1, 0.15) is 12.5 Å². The Bertz CT molecular complexity index is 1090. The second-order valence-electron chi connectivity index (χ2n) is 6.55. The molecule has 1 aliphatic rings. The predicted octanol–water partition coefficient (Wildman–Crippen LogP) is 3.96. The Kier molecular flexibility index (Phi) is 5.89. The van der Waals surface area contributed by atoms with Crippen LogP contribution in [0.5, 0.6) is 0 Å². The Hall–Kier alpha value is -2.88. The van der Waals surface area contributed by atoms with E-state index in [-0.39, 0.29) is 20.8 Å². The van der Waals surface area contributed by atoms with Crippen molar-refractivity contribution in [2.75, 3.05) is 11.9 Å². The van der Waals surface area contributed by atoms with E-state index in [0.29, 0.717) is 5.56 Å². The minimum Gasteiger partial charge on any atom is -0.324 e. The molecule has 9 nitrogen and oxygen atoms in total. The average molecular weight is 472 g/mol. The van der Waals surface area contributed by atoms with Gasteiger partial charge in [-0.1, -0.05) is 40.9 Å². The van der Waals surface area contributed by atoms with Crippen LogP contribution in [0, 0.1) is 10.1 Å². The van der Waals surface area contributed by atoms with Crippen molar-refractivity contribution >= 4 is 64.0 Å². The van der Waals surface area contributed by atoms with Gasteiger partial charge in [0.15, 0.2) is 0 Å². The average Bonchev–Trinajstić information content (AvgIpc) is 2.89. The number of amides is 4. The molecule has 0 aliphatic carbocycles. The van der Waals surface area contributed by atoms with Crippen molar-refractivity contribution in [1.82, 2.24) is 10.2 Å². The molecule has 156 valence electrons. The molecule has 12 heteroatoms. The van der Waals surface area contributed by atoms with Gasteiger partial charge in [0.1, 0.15) is 17.1 Å². The van der Waals surface area contributed by atoms with Crippen molar-refractivity contribution in [3.8, 4) is 0 Å². The zero-order valence-corrected chi connectivity index (χ0v) is 17.5. The number of halogens is 3. The lowest BCUT2D eigenvalue weighted by Crippen LogP contribution is -2.42. The number of benzene rings is 2. The van der Waals surface area contributed by atoms with Crippen molar-refractivity contribution in [1.29, 1.82) is 0 Å². The number of carbonyl (C=O) groups excluding carboxylic acids is 3. The number of carbonyl (C=O) groups is 3. The van der Waals surface area contributed by atoms with Crippen molar-refractivity contribution in [2.24, 2.45) is 0 Å². The van der Waals surface area contributed by atoms with E-state index >= 15 is 0 Å². The summed E-state index contributed by atoms with van der Waals surface area (Å²) in [7, 11) is 0. The first-order valence-corrected chi connectivity index (χ1v) is 9.50. The molecule has 1 atom stereocenters. The number of imide groups is 1. The highest BCUT2D eigenvalue weighted by atomic mass is 35.5. The Balaban J connectivity index is 1.77. The highest BCUT2D eigenvalue weighted by molar-refractivity contribution is 6.42. The summed E-state index contributed by atoms with van der Waals surface area (Å²) in [6, 6.07) is 7.41. The number of anilines is 1. The third-order valence-electron chi connectivity index (χ3n) is 4.50. The molecular weight excluding hydrogens is 459 g/mol. The number of hydrogen-bond donors (Lipinski definition) is 2. The summed E-state index contributed by atoms with van der Waals surface area (Å²) in [6.07, 6.45) is 0. The van der Waals surface area contributed by atoms with Crippen molar-refractivity contribution in [2.45, 2.75) is 12.5 Å². The Labute approximate surface area is 185 Å². The highest BCUT2D eigenvalue weighted by Gasteiger charge is 2.49. The zero-order chi connectivity index (χ0) is 22.2. The molecular formula is C18H13Cl3N4O5. The maximum absolute atomic E-state index is 12.9. The molecule has 2 N–H and O–H groups in total. The normalized spacial score (nSPS) is 18.3. The number of nitrogens with zero attached hydrogens (tertiary/aromatic N) is 2. The first-order chi connectivity index (χ1) is 14.0. The summed E-state index contributed by atoms with van der Waals surface area (Å²) in [5.41, 5.74) is -1.34. The summed E-state index contributed by atoms with van der Waals surface area (Å²) < 4.78 is 0.